The summed E-state index contributed by atoms with van der Waals surface area (Å²) >= 11 is 4.56. The third kappa shape index (κ3) is 4.29. The van der Waals surface area contributed by atoms with Crippen molar-refractivity contribution in [3.05, 3.63) is 45.2 Å². The minimum Gasteiger partial charge on any atom is -0.497 e. The molecule has 1 aromatic carbocycles. The van der Waals surface area contributed by atoms with E-state index in [2.05, 4.69) is 20.7 Å². The Morgan fingerprint density at radius 1 is 1.29 bits per heavy atom. The van der Waals surface area contributed by atoms with Gasteiger partial charge >= 0.3 is 0 Å². The largest absolute Gasteiger partial charge is 0.497 e. The summed E-state index contributed by atoms with van der Waals surface area (Å²) in [6, 6.07) is 9.26. The van der Waals surface area contributed by atoms with Gasteiger partial charge in [0, 0.05) is 6.54 Å². The molecule has 0 aliphatic heterocycles. The van der Waals surface area contributed by atoms with Crippen LogP contribution in [0.15, 0.2) is 38.3 Å². The van der Waals surface area contributed by atoms with Gasteiger partial charge in [-0.25, -0.2) is 13.1 Å². The van der Waals surface area contributed by atoms with E-state index in [0.29, 0.717) is 17.2 Å². The van der Waals surface area contributed by atoms with Gasteiger partial charge in [-0.2, -0.15) is 0 Å². The highest BCUT2D eigenvalue weighted by Crippen LogP contribution is 2.30. The van der Waals surface area contributed by atoms with Crippen LogP contribution >= 0.6 is 27.3 Å². The van der Waals surface area contributed by atoms with E-state index in [1.165, 1.54) is 11.3 Å². The third-order valence-corrected chi connectivity index (χ3v) is 7.04. The second-order valence-electron chi connectivity index (χ2n) is 4.52. The standard InChI is InChI=1S/C14H16BrNO3S2/c1-10-9-13(20-14(10)15)21(17,18)16-8-7-11-3-5-12(19-2)6-4-11/h3-6,9,16H,7-8H2,1-2H3. The lowest BCUT2D eigenvalue weighted by atomic mass is 10.1. The number of benzene rings is 1. The van der Waals surface area contributed by atoms with Crippen molar-refractivity contribution in [1.82, 2.24) is 4.72 Å². The van der Waals surface area contributed by atoms with E-state index in [1.807, 2.05) is 31.2 Å². The van der Waals surface area contributed by atoms with Crippen LogP contribution in [0, 0.1) is 6.92 Å². The minimum atomic E-state index is -3.43. The van der Waals surface area contributed by atoms with Gasteiger partial charge in [-0.15, -0.1) is 11.3 Å². The molecule has 0 bridgehead atoms. The topological polar surface area (TPSA) is 55.4 Å². The summed E-state index contributed by atoms with van der Waals surface area (Å²) in [7, 11) is -1.82. The van der Waals surface area contributed by atoms with E-state index in [9.17, 15) is 8.42 Å². The van der Waals surface area contributed by atoms with E-state index in [0.717, 1.165) is 20.7 Å². The quantitative estimate of drug-likeness (QED) is 0.823. The summed E-state index contributed by atoms with van der Waals surface area (Å²) in [4.78, 5) is 0. The predicted molar refractivity (Wildman–Crippen MR) is 88.6 cm³/mol. The summed E-state index contributed by atoms with van der Waals surface area (Å²) in [5.41, 5.74) is 1.98. The van der Waals surface area contributed by atoms with Crippen molar-refractivity contribution < 1.29 is 13.2 Å². The smallest absolute Gasteiger partial charge is 0.250 e. The average molecular weight is 390 g/mol. The Morgan fingerprint density at radius 2 is 1.95 bits per heavy atom. The minimum absolute atomic E-state index is 0.335. The zero-order valence-electron chi connectivity index (χ0n) is 11.7. The van der Waals surface area contributed by atoms with Gasteiger partial charge < -0.3 is 4.74 Å². The molecule has 2 rings (SSSR count). The summed E-state index contributed by atoms with van der Waals surface area (Å²) in [5.74, 6) is 0.790. The second kappa shape index (κ2) is 6.91. The average Bonchev–Trinajstić information content (AvgIpc) is 2.80. The molecule has 2 aromatic rings. The molecule has 0 spiro atoms. The predicted octanol–water partition coefficient (Wildman–Crippen LogP) is 3.35. The van der Waals surface area contributed by atoms with E-state index in [1.54, 1.807) is 13.2 Å². The van der Waals surface area contributed by atoms with Gasteiger partial charge in [-0.1, -0.05) is 12.1 Å². The molecule has 1 N–H and O–H groups in total. The maximum absolute atomic E-state index is 12.1. The Bertz CT molecular complexity index is 689. The highest BCUT2D eigenvalue weighted by molar-refractivity contribution is 9.11. The SMILES string of the molecule is COc1ccc(CCNS(=O)(=O)c2cc(C)c(Br)s2)cc1. The van der Waals surface area contributed by atoms with Crippen molar-refractivity contribution in [3.63, 3.8) is 0 Å². The van der Waals surface area contributed by atoms with Gasteiger partial charge in [0.25, 0.3) is 0 Å². The Kier molecular flexibility index (Phi) is 5.43. The second-order valence-corrected chi connectivity index (χ2v) is 8.88. The van der Waals surface area contributed by atoms with Gasteiger partial charge in [0.15, 0.2) is 0 Å². The first kappa shape index (κ1) is 16.5. The fraction of sp³-hybridized carbons (Fsp3) is 0.286. The van der Waals surface area contributed by atoms with Crippen LogP contribution in [0.1, 0.15) is 11.1 Å². The first-order valence-corrected chi connectivity index (χ1v) is 9.40. The highest BCUT2D eigenvalue weighted by Gasteiger charge is 2.17. The number of ether oxygens (including phenoxy) is 1. The van der Waals surface area contributed by atoms with Crippen molar-refractivity contribution >= 4 is 37.3 Å². The van der Waals surface area contributed by atoms with Crippen LogP contribution < -0.4 is 9.46 Å². The Morgan fingerprint density at radius 3 is 2.48 bits per heavy atom. The van der Waals surface area contributed by atoms with Gasteiger partial charge in [0.1, 0.15) is 9.96 Å². The molecule has 1 heterocycles. The number of hydrogen-bond donors (Lipinski definition) is 1. The molecule has 7 heteroatoms. The van der Waals surface area contributed by atoms with Crippen molar-refractivity contribution in [3.8, 4) is 5.75 Å². The first-order chi connectivity index (χ1) is 9.92. The summed E-state index contributed by atoms with van der Waals surface area (Å²) < 4.78 is 33.2. The number of rotatable bonds is 6. The van der Waals surface area contributed by atoms with Crippen LogP contribution in [0.2, 0.25) is 0 Å². The number of nitrogens with one attached hydrogen (secondary N) is 1. The van der Waals surface area contributed by atoms with Crippen LogP contribution in [0.25, 0.3) is 0 Å². The molecule has 114 valence electrons. The summed E-state index contributed by atoms with van der Waals surface area (Å²) in [6.45, 7) is 2.24. The van der Waals surface area contributed by atoms with Crippen molar-refractivity contribution in [1.29, 1.82) is 0 Å². The number of halogens is 1. The molecule has 0 atom stereocenters. The zero-order chi connectivity index (χ0) is 15.5. The number of methoxy groups -OCH3 is 1. The van der Waals surface area contributed by atoms with Crippen LogP contribution in [0.3, 0.4) is 0 Å². The molecule has 0 fully saturated rings. The zero-order valence-corrected chi connectivity index (χ0v) is 14.9. The highest BCUT2D eigenvalue weighted by atomic mass is 79.9. The van der Waals surface area contributed by atoms with Crippen molar-refractivity contribution in [2.45, 2.75) is 17.6 Å². The number of thiophene rings is 1. The third-order valence-electron chi connectivity index (χ3n) is 2.96. The molecule has 0 amide bonds. The van der Waals surface area contributed by atoms with Crippen LogP contribution in [-0.2, 0) is 16.4 Å². The fourth-order valence-electron chi connectivity index (χ4n) is 1.76. The Hall–Kier alpha value is -0.890. The number of aryl methyl sites for hydroxylation is 1. The molecule has 0 saturated carbocycles. The first-order valence-electron chi connectivity index (χ1n) is 6.31. The van der Waals surface area contributed by atoms with Crippen molar-refractivity contribution in [2.75, 3.05) is 13.7 Å². The molecule has 0 radical (unpaired) electrons. The van der Waals surface area contributed by atoms with Gasteiger partial charge in [-0.05, 0) is 58.6 Å². The molecular weight excluding hydrogens is 374 g/mol. The van der Waals surface area contributed by atoms with E-state index >= 15 is 0 Å². The van der Waals surface area contributed by atoms with Crippen LogP contribution in [-0.4, -0.2) is 22.1 Å². The fourth-order valence-corrected chi connectivity index (χ4v) is 5.06. The maximum atomic E-state index is 12.1. The molecule has 0 aliphatic carbocycles. The molecule has 0 unspecified atom stereocenters. The summed E-state index contributed by atoms with van der Waals surface area (Å²) in [5, 5.41) is 0. The van der Waals surface area contributed by atoms with E-state index in [4.69, 9.17) is 4.74 Å². The molecule has 4 nitrogen and oxygen atoms in total. The molecular formula is C14H16BrNO3S2. The van der Waals surface area contributed by atoms with Crippen LogP contribution in [0.5, 0.6) is 5.75 Å². The van der Waals surface area contributed by atoms with Gasteiger partial charge in [-0.3, -0.25) is 0 Å². The van der Waals surface area contributed by atoms with Crippen LogP contribution in [0.4, 0.5) is 0 Å². The lowest BCUT2D eigenvalue weighted by molar-refractivity contribution is 0.414. The lowest BCUT2D eigenvalue weighted by Gasteiger charge is -2.06. The molecule has 0 saturated heterocycles. The summed E-state index contributed by atoms with van der Waals surface area (Å²) in [6.07, 6.45) is 0.634. The molecule has 0 aliphatic rings. The monoisotopic (exact) mass is 389 g/mol. The van der Waals surface area contributed by atoms with Crippen molar-refractivity contribution in [2.24, 2.45) is 0 Å². The van der Waals surface area contributed by atoms with Gasteiger partial charge in [0.05, 0.1) is 10.9 Å². The maximum Gasteiger partial charge on any atom is 0.250 e. The van der Waals surface area contributed by atoms with E-state index in [-0.39, 0.29) is 0 Å². The van der Waals surface area contributed by atoms with Gasteiger partial charge in [0.2, 0.25) is 10.0 Å². The number of sulfonamides is 1. The van der Waals surface area contributed by atoms with E-state index < -0.39 is 10.0 Å². The number of hydrogen-bond acceptors (Lipinski definition) is 4. The molecule has 21 heavy (non-hydrogen) atoms. The Labute approximate surface area is 137 Å². The Balaban J connectivity index is 1.95. The normalized spacial score (nSPS) is 11.6. The lowest BCUT2D eigenvalue weighted by Crippen LogP contribution is -2.25. The molecule has 1 aromatic heterocycles.